The molecule has 3 aromatic rings. The van der Waals surface area contributed by atoms with E-state index >= 15 is 0 Å². The number of nitrogens with zero attached hydrogens (tertiary/aromatic N) is 1. The summed E-state index contributed by atoms with van der Waals surface area (Å²) in [4.78, 5) is 15.4. The van der Waals surface area contributed by atoms with Crippen molar-refractivity contribution in [3.63, 3.8) is 0 Å². The summed E-state index contributed by atoms with van der Waals surface area (Å²) in [5.41, 5.74) is 2.72. The van der Waals surface area contributed by atoms with Gasteiger partial charge in [-0.1, -0.05) is 55.7 Å². The molecule has 178 valence electrons. The number of para-hydroxylation sites is 2. The lowest BCUT2D eigenvalue weighted by Gasteiger charge is -2.31. The Kier molecular flexibility index (Phi) is 7.65. The zero-order chi connectivity index (χ0) is 24.0. The number of amides is 1. The topological polar surface area (TPSA) is 78.5 Å². The maximum atomic E-state index is 12.9. The van der Waals surface area contributed by atoms with E-state index in [0.717, 1.165) is 17.8 Å². The molecule has 0 spiro atoms. The van der Waals surface area contributed by atoms with E-state index in [4.69, 9.17) is 0 Å². The van der Waals surface area contributed by atoms with Crippen molar-refractivity contribution in [1.82, 2.24) is 4.90 Å². The molecule has 34 heavy (non-hydrogen) atoms. The van der Waals surface area contributed by atoms with Crippen molar-refractivity contribution in [1.29, 1.82) is 0 Å². The average Bonchev–Trinajstić information content (AvgIpc) is 2.86. The Bertz CT molecular complexity index is 1210. The number of rotatable bonds is 8. The van der Waals surface area contributed by atoms with Crippen LogP contribution in [0.5, 0.6) is 0 Å². The van der Waals surface area contributed by atoms with Gasteiger partial charge in [-0.15, -0.1) is 0 Å². The fourth-order valence-electron chi connectivity index (χ4n) is 4.40. The Morgan fingerprint density at radius 3 is 2.24 bits per heavy atom. The molecule has 0 heterocycles. The van der Waals surface area contributed by atoms with E-state index in [0.29, 0.717) is 17.3 Å². The Balaban J connectivity index is 1.43. The summed E-state index contributed by atoms with van der Waals surface area (Å²) in [5, 5.41) is 3.00. The number of hydrogen-bond acceptors (Lipinski definition) is 4. The Labute approximate surface area is 202 Å². The lowest BCUT2D eigenvalue weighted by Crippen LogP contribution is -2.33. The summed E-state index contributed by atoms with van der Waals surface area (Å²) >= 11 is 0. The molecule has 0 unspecified atom stereocenters. The number of sulfonamides is 1. The molecule has 7 heteroatoms. The lowest BCUT2D eigenvalue weighted by molar-refractivity contribution is 0.102. The van der Waals surface area contributed by atoms with Gasteiger partial charge in [-0.05, 0) is 67.9 Å². The highest BCUT2D eigenvalue weighted by Crippen LogP contribution is 2.25. The van der Waals surface area contributed by atoms with E-state index in [9.17, 15) is 13.2 Å². The highest BCUT2D eigenvalue weighted by Gasteiger charge is 2.20. The molecule has 0 saturated heterocycles. The lowest BCUT2D eigenvalue weighted by atomic mass is 9.94. The zero-order valence-electron chi connectivity index (χ0n) is 19.4. The molecule has 0 bridgehead atoms. The van der Waals surface area contributed by atoms with Crippen LogP contribution in [0.1, 0.15) is 48.0 Å². The summed E-state index contributed by atoms with van der Waals surface area (Å²) in [6.07, 6.45) is 6.32. The quantitative estimate of drug-likeness (QED) is 0.449. The van der Waals surface area contributed by atoms with Crippen LogP contribution in [0.4, 0.5) is 11.4 Å². The van der Waals surface area contributed by atoms with Crippen molar-refractivity contribution in [2.24, 2.45) is 0 Å². The summed E-state index contributed by atoms with van der Waals surface area (Å²) in [7, 11) is -1.58. The van der Waals surface area contributed by atoms with Gasteiger partial charge in [0.2, 0.25) is 0 Å². The predicted molar refractivity (Wildman–Crippen MR) is 136 cm³/mol. The van der Waals surface area contributed by atoms with Crippen molar-refractivity contribution in [3.05, 3.63) is 90.0 Å². The molecular weight excluding hydrogens is 446 g/mol. The van der Waals surface area contributed by atoms with Gasteiger partial charge in [-0.25, -0.2) is 8.42 Å². The summed E-state index contributed by atoms with van der Waals surface area (Å²) in [6.45, 7) is 0.767. The van der Waals surface area contributed by atoms with Crippen molar-refractivity contribution >= 4 is 27.3 Å². The molecule has 1 aliphatic rings. The Morgan fingerprint density at radius 1 is 0.882 bits per heavy atom. The molecule has 3 aromatic carbocycles. The van der Waals surface area contributed by atoms with Crippen molar-refractivity contribution < 1.29 is 13.2 Å². The van der Waals surface area contributed by atoms with Gasteiger partial charge in [0.1, 0.15) is 0 Å². The van der Waals surface area contributed by atoms with Gasteiger partial charge in [0.05, 0.1) is 4.90 Å². The first kappa shape index (κ1) is 24.0. The number of anilines is 2. The highest BCUT2D eigenvalue weighted by atomic mass is 32.2. The highest BCUT2D eigenvalue weighted by molar-refractivity contribution is 7.92. The Hall–Kier alpha value is -3.16. The maximum Gasteiger partial charge on any atom is 0.261 e. The maximum absolute atomic E-state index is 12.9. The second-order valence-corrected chi connectivity index (χ2v) is 10.5. The van der Waals surface area contributed by atoms with E-state index in [-0.39, 0.29) is 10.8 Å². The van der Waals surface area contributed by atoms with Crippen LogP contribution in [-0.4, -0.2) is 32.3 Å². The first-order valence-electron chi connectivity index (χ1n) is 11.7. The fraction of sp³-hybridized carbons (Fsp3) is 0.296. The van der Waals surface area contributed by atoms with Gasteiger partial charge in [0.15, 0.2) is 0 Å². The largest absolute Gasteiger partial charge is 0.322 e. The number of benzene rings is 3. The van der Waals surface area contributed by atoms with E-state index in [1.165, 1.54) is 56.4 Å². The smallest absolute Gasteiger partial charge is 0.261 e. The summed E-state index contributed by atoms with van der Waals surface area (Å²) < 4.78 is 27.8. The number of carbonyl (C=O) groups excluding carboxylic acids is 1. The third-order valence-electron chi connectivity index (χ3n) is 6.34. The fourth-order valence-corrected chi connectivity index (χ4v) is 5.46. The first-order chi connectivity index (χ1) is 16.4. The zero-order valence-corrected chi connectivity index (χ0v) is 20.2. The molecule has 0 aliphatic heterocycles. The third-order valence-corrected chi connectivity index (χ3v) is 7.73. The second-order valence-electron chi connectivity index (χ2n) is 8.81. The molecule has 1 saturated carbocycles. The van der Waals surface area contributed by atoms with Crippen LogP contribution in [0.25, 0.3) is 0 Å². The normalized spacial score (nSPS) is 14.6. The van der Waals surface area contributed by atoms with Gasteiger partial charge >= 0.3 is 0 Å². The molecular formula is C27H31N3O3S. The van der Waals surface area contributed by atoms with Crippen LogP contribution in [0, 0.1) is 0 Å². The molecule has 0 atom stereocenters. The van der Waals surface area contributed by atoms with Gasteiger partial charge < -0.3 is 5.32 Å². The minimum absolute atomic E-state index is 0.0995. The molecule has 2 N–H and O–H groups in total. The van der Waals surface area contributed by atoms with Crippen LogP contribution in [0.3, 0.4) is 0 Å². The minimum atomic E-state index is -3.73. The predicted octanol–water partition coefficient (Wildman–Crippen LogP) is 5.50. The standard InChI is InChI=1S/C27H31N3O3S/c1-30(24-13-6-3-7-14-24)20-22-10-8-9-15-26(22)28-27(31)21-16-18-25(19-17-21)34(32,33)29-23-11-4-2-5-12-23/h2,4-5,8-12,15-19,24,29H,3,6-7,13-14,20H2,1H3,(H,28,31). The van der Waals surface area contributed by atoms with Crippen LogP contribution in [0.15, 0.2) is 83.8 Å². The molecule has 1 fully saturated rings. The molecule has 0 radical (unpaired) electrons. The van der Waals surface area contributed by atoms with Crippen molar-refractivity contribution in [2.75, 3.05) is 17.1 Å². The average molecular weight is 478 g/mol. The minimum Gasteiger partial charge on any atom is -0.322 e. The molecule has 1 amide bonds. The van der Waals surface area contributed by atoms with Gasteiger partial charge in [-0.2, -0.15) is 0 Å². The molecule has 4 rings (SSSR count). The number of nitrogens with one attached hydrogen (secondary N) is 2. The van der Waals surface area contributed by atoms with Crippen molar-refractivity contribution in [3.8, 4) is 0 Å². The van der Waals surface area contributed by atoms with E-state index < -0.39 is 10.0 Å². The van der Waals surface area contributed by atoms with Crippen LogP contribution in [-0.2, 0) is 16.6 Å². The van der Waals surface area contributed by atoms with Crippen molar-refractivity contribution in [2.45, 2.75) is 49.6 Å². The Morgan fingerprint density at radius 2 is 1.53 bits per heavy atom. The van der Waals surface area contributed by atoms with Gasteiger partial charge in [0.25, 0.3) is 15.9 Å². The third kappa shape index (κ3) is 6.04. The van der Waals surface area contributed by atoms with E-state index in [1.807, 2.05) is 30.3 Å². The van der Waals surface area contributed by atoms with Gasteiger partial charge in [0, 0.05) is 29.5 Å². The molecule has 1 aliphatic carbocycles. The van der Waals surface area contributed by atoms with Crippen LogP contribution in [0.2, 0.25) is 0 Å². The van der Waals surface area contributed by atoms with E-state index in [1.54, 1.807) is 24.3 Å². The molecule has 0 aromatic heterocycles. The van der Waals surface area contributed by atoms with E-state index in [2.05, 4.69) is 22.0 Å². The summed E-state index contributed by atoms with van der Waals surface area (Å²) in [5.74, 6) is -0.271. The first-order valence-corrected chi connectivity index (χ1v) is 13.2. The second kappa shape index (κ2) is 10.8. The van der Waals surface area contributed by atoms with Gasteiger partial charge in [-0.3, -0.25) is 14.4 Å². The van der Waals surface area contributed by atoms with Crippen LogP contribution < -0.4 is 10.0 Å². The molecule has 6 nitrogen and oxygen atoms in total. The number of carbonyl (C=O) groups is 1. The number of hydrogen-bond donors (Lipinski definition) is 2. The monoisotopic (exact) mass is 477 g/mol. The summed E-state index contributed by atoms with van der Waals surface area (Å²) in [6, 6.07) is 23.1. The SMILES string of the molecule is CN(Cc1ccccc1NC(=O)c1ccc(S(=O)(=O)Nc2ccccc2)cc1)C1CCCCC1. The van der Waals surface area contributed by atoms with Crippen LogP contribution >= 0.6 is 0 Å².